The molecule has 2 heterocycles. The number of rotatable bonds is 6. The number of hydrogen-bond donors (Lipinski definition) is 2. The van der Waals surface area contributed by atoms with E-state index in [0.717, 1.165) is 38.2 Å². The Morgan fingerprint density at radius 3 is 2.91 bits per heavy atom. The van der Waals surface area contributed by atoms with Crippen molar-refractivity contribution in [3.8, 4) is 0 Å². The van der Waals surface area contributed by atoms with Crippen molar-refractivity contribution in [3.63, 3.8) is 0 Å². The van der Waals surface area contributed by atoms with Crippen LogP contribution in [0, 0.1) is 0 Å². The molecule has 2 N–H and O–H groups in total. The molecular weight excluding hydrogens is 292 g/mol. The highest BCUT2D eigenvalue weighted by Gasteiger charge is 2.39. The van der Waals surface area contributed by atoms with Crippen LogP contribution in [0.1, 0.15) is 44.9 Å². The summed E-state index contributed by atoms with van der Waals surface area (Å²) < 4.78 is 2.03. The topological polar surface area (TPSA) is 70.4 Å². The van der Waals surface area contributed by atoms with Crippen molar-refractivity contribution in [2.75, 3.05) is 13.1 Å². The Bertz CT molecular complexity index is 524. The zero-order chi connectivity index (χ0) is 16.2. The third kappa shape index (κ3) is 3.75. The lowest BCUT2D eigenvalue weighted by molar-refractivity contribution is -0.122. The third-order valence-corrected chi connectivity index (χ3v) is 5.23. The maximum atomic E-state index is 12.2. The second-order valence-electron chi connectivity index (χ2n) is 6.69. The standard InChI is InChI=1S/C17H28N4O2/c1-2-15-18-8-12-21(15)11-7-16(22)19-13-5-6-14(17(13)23)20-9-3-4-10-20/h8,12-14,17,23H,2-7,9-11H2,1H3,(H,19,22)/t13-,14-,17-/m1/s1. The van der Waals surface area contributed by atoms with E-state index in [4.69, 9.17) is 0 Å². The van der Waals surface area contributed by atoms with E-state index in [1.807, 2.05) is 10.8 Å². The number of carbonyl (C=O) groups excluding carboxylic acids is 1. The number of hydrogen-bond acceptors (Lipinski definition) is 4. The summed E-state index contributed by atoms with van der Waals surface area (Å²) in [5, 5.41) is 13.6. The van der Waals surface area contributed by atoms with Crippen LogP contribution in [0.25, 0.3) is 0 Å². The normalized spacial score (nSPS) is 28.3. The summed E-state index contributed by atoms with van der Waals surface area (Å²) in [4.78, 5) is 18.9. The fourth-order valence-electron chi connectivity index (χ4n) is 3.95. The van der Waals surface area contributed by atoms with Crippen molar-refractivity contribution in [2.45, 2.75) is 70.2 Å². The summed E-state index contributed by atoms with van der Waals surface area (Å²) >= 11 is 0. The molecule has 3 atom stereocenters. The van der Waals surface area contributed by atoms with Crippen molar-refractivity contribution in [3.05, 3.63) is 18.2 Å². The first-order valence-corrected chi connectivity index (χ1v) is 8.90. The van der Waals surface area contributed by atoms with E-state index in [1.54, 1.807) is 6.20 Å². The van der Waals surface area contributed by atoms with Crippen LogP contribution < -0.4 is 5.32 Å². The average Bonchev–Trinajstić information content (AvgIpc) is 3.27. The predicted molar refractivity (Wildman–Crippen MR) is 88.0 cm³/mol. The highest BCUT2D eigenvalue weighted by molar-refractivity contribution is 5.76. The molecule has 1 aliphatic carbocycles. The molecule has 1 aromatic heterocycles. The van der Waals surface area contributed by atoms with Crippen LogP contribution in [0.2, 0.25) is 0 Å². The average molecular weight is 320 g/mol. The van der Waals surface area contributed by atoms with Gasteiger partial charge in [0.15, 0.2) is 0 Å². The van der Waals surface area contributed by atoms with Crippen LogP contribution in [-0.4, -0.2) is 56.7 Å². The molecule has 128 valence electrons. The number of nitrogens with zero attached hydrogens (tertiary/aromatic N) is 3. The Hall–Kier alpha value is -1.40. The highest BCUT2D eigenvalue weighted by atomic mass is 16.3. The predicted octanol–water partition coefficient (Wildman–Crippen LogP) is 0.939. The number of amides is 1. The number of carbonyl (C=O) groups is 1. The van der Waals surface area contributed by atoms with Crippen molar-refractivity contribution in [2.24, 2.45) is 0 Å². The van der Waals surface area contributed by atoms with Crippen molar-refractivity contribution >= 4 is 5.91 Å². The number of nitrogens with one attached hydrogen (secondary N) is 1. The molecule has 0 spiro atoms. The quantitative estimate of drug-likeness (QED) is 0.818. The minimum atomic E-state index is -0.434. The monoisotopic (exact) mass is 320 g/mol. The molecule has 1 aromatic rings. The Labute approximate surface area is 137 Å². The molecule has 1 saturated heterocycles. The molecule has 3 rings (SSSR count). The van der Waals surface area contributed by atoms with Gasteiger partial charge in [0, 0.05) is 37.8 Å². The van der Waals surface area contributed by atoms with E-state index in [2.05, 4.69) is 22.1 Å². The molecule has 6 nitrogen and oxygen atoms in total. The minimum Gasteiger partial charge on any atom is -0.389 e. The number of aliphatic hydroxyl groups excluding tert-OH is 1. The third-order valence-electron chi connectivity index (χ3n) is 5.23. The molecule has 0 bridgehead atoms. The van der Waals surface area contributed by atoms with Gasteiger partial charge in [-0.1, -0.05) is 6.92 Å². The molecule has 1 saturated carbocycles. The van der Waals surface area contributed by atoms with Gasteiger partial charge in [0.25, 0.3) is 0 Å². The maximum Gasteiger partial charge on any atom is 0.222 e. The lowest BCUT2D eigenvalue weighted by Crippen LogP contribution is -2.47. The Morgan fingerprint density at radius 2 is 2.17 bits per heavy atom. The van der Waals surface area contributed by atoms with Gasteiger partial charge in [-0.3, -0.25) is 9.69 Å². The van der Waals surface area contributed by atoms with E-state index in [0.29, 0.717) is 13.0 Å². The number of imidazole rings is 1. The lowest BCUT2D eigenvalue weighted by Gasteiger charge is -2.28. The zero-order valence-corrected chi connectivity index (χ0v) is 13.9. The molecule has 2 fully saturated rings. The van der Waals surface area contributed by atoms with Gasteiger partial charge in [-0.2, -0.15) is 0 Å². The molecule has 23 heavy (non-hydrogen) atoms. The lowest BCUT2D eigenvalue weighted by atomic mass is 10.1. The van der Waals surface area contributed by atoms with E-state index in [-0.39, 0.29) is 18.0 Å². The molecule has 0 aromatic carbocycles. The van der Waals surface area contributed by atoms with E-state index < -0.39 is 6.10 Å². The number of likely N-dealkylation sites (tertiary alicyclic amines) is 1. The van der Waals surface area contributed by atoms with Gasteiger partial charge in [0.2, 0.25) is 5.91 Å². The molecule has 6 heteroatoms. The summed E-state index contributed by atoms with van der Waals surface area (Å²) in [5.74, 6) is 1.03. The van der Waals surface area contributed by atoms with Crippen LogP contribution in [-0.2, 0) is 17.8 Å². The second kappa shape index (κ2) is 7.45. The number of aryl methyl sites for hydroxylation is 2. The summed E-state index contributed by atoms with van der Waals surface area (Å²) in [6.07, 6.45) is 8.87. The molecule has 2 aliphatic rings. The van der Waals surface area contributed by atoms with Crippen molar-refractivity contribution in [1.82, 2.24) is 19.8 Å². The van der Waals surface area contributed by atoms with Crippen LogP contribution >= 0.6 is 0 Å². The van der Waals surface area contributed by atoms with E-state index >= 15 is 0 Å². The Balaban J connectivity index is 1.46. The molecule has 1 amide bonds. The van der Waals surface area contributed by atoms with Crippen molar-refractivity contribution in [1.29, 1.82) is 0 Å². The second-order valence-corrected chi connectivity index (χ2v) is 6.69. The summed E-state index contributed by atoms with van der Waals surface area (Å²) in [6.45, 7) is 4.88. The van der Waals surface area contributed by atoms with Gasteiger partial charge in [0.05, 0.1) is 12.1 Å². The van der Waals surface area contributed by atoms with Gasteiger partial charge in [-0.15, -0.1) is 0 Å². The molecular formula is C17H28N4O2. The maximum absolute atomic E-state index is 12.2. The van der Waals surface area contributed by atoms with Gasteiger partial charge in [-0.05, 0) is 38.8 Å². The summed E-state index contributed by atoms with van der Waals surface area (Å²) in [7, 11) is 0. The Morgan fingerprint density at radius 1 is 1.39 bits per heavy atom. The SMILES string of the molecule is CCc1nccn1CCC(=O)N[C@@H]1CC[C@@H](N2CCCC2)[C@@H]1O. The fraction of sp³-hybridized carbons (Fsp3) is 0.765. The number of aliphatic hydroxyl groups is 1. The smallest absolute Gasteiger partial charge is 0.222 e. The van der Waals surface area contributed by atoms with Crippen LogP contribution in [0.15, 0.2) is 12.4 Å². The van der Waals surface area contributed by atoms with Crippen LogP contribution in [0.4, 0.5) is 0 Å². The van der Waals surface area contributed by atoms with Crippen LogP contribution in [0.5, 0.6) is 0 Å². The first-order chi connectivity index (χ1) is 11.2. The fourth-order valence-corrected chi connectivity index (χ4v) is 3.95. The van der Waals surface area contributed by atoms with Gasteiger partial charge < -0.3 is 15.0 Å². The first-order valence-electron chi connectivity index (χ1n) is 8.90. The zero-order valence-electron chi connectivity index (χ0n) is 13.9. The first kappa shape index (κ1) is 16.5. The van der Waals surface area contributed by atoms with E-state index in [1.165, 1.54) is 12.8 Å². The van der Waals surface area contributed by atoms with E-state index in [9.17, 15) is 9.90 Å². The largest absolute Gasteiger partial charge is 0.389 e. The summed E-state index contributed by atoms with van der Waals surface area (Å²) in [5.41, 5.74) is 0. The molecule has 0 unspecified atom stereocenters. The minimum absolute atomic E-state index is 0.0203. The van der Waals surface area contributed by atoms with Gasteiger partial charge in [0.1, 0.15) is 5.82 Å². The number of aromatic nitrogens is 2. The summed E-state index contributed by atoms with van der Waals surface area (Å²) in [6, 6.07) is 0.129. The Kier molecular flexibility index (Phi) is 5.33. The van der Waals surface area contributed by atoms with Crippen LogP contribution in [0.3, 0.4) is 0 Å². The molecule has 1 aliphatic heterocycles. The van der Waals surface area contributed by atoms with Gasteiger partial charge >= 0.3 is 0 Å². The molecule has 0 radical (unpaired) electrons. The van der Waals surface area contributed by atoms with Crippen molar-refractivity contribution < 1.29 is 9.90 Å². The van der Waals surface area contributed by atoms with Gasteiger partial charge in [-0.25, -0.2) is 4.98 Å². The highest BCUT2D eigenvalue weighted by Crippen LogP contribution is 2.27.